The number of benzene rings is 2. The molecule has 2 aromatic carbocycles. The first-order valence-corrected chi connectivity index (χ1v) is 7.93. The van der Waals surface area contributed by atoms with Crippen LogP contribution >= 0.6 is 0 Å². The zero-order valence-electron chi connectivity index (χ0n) is 14.0. The molecule has 3 N–H and O–H groups in total. The van der Waals surface area contributed by atoms with E-state index in [2.05, 4.69) is 10.3 Å². The molecule has 28 heavy (non-hydrogen) atoms. The van der Waals surface area contributed by atoms with Crippen LogP contribution in [0.1, 0.15) is 16.7 Å². The second-order valence-electron chi connectivity index (χ2n) is 5.96. The Hall–Kier alpha value is -3.17. The van der Waals surface area contributed by atoms with Gasteiger partial charge in [0.1, 0.15) is 0 Å². The van der Waals surface area contributed by atoms with Crippen LogP contribution in [-0.4, -0.2) is 11.0 Å². The maximum atomic E-state index is 12.9. The van der Waals surface area contributed by atoms with Crippen molar-refractivity contribution in [2.45, 2.75) is 18.9 Å². The Balaban J connectivity index is 1.76. The third kappa shape index (κ3) is 4.38. The van der Waals surface area contributed by atoms with Crippen molar-refractivity contribution in [3.05, 3.63) is 65.4 Å². The smallest absolute Gasteiger partial charge is 0.361 e. The van der Waals surface area contributed by atoms with Crippen molar-refractivity contribution in [3.63, 3.8) is 0 Å². The van der Waals surface area contributed by atoms with Gasteiger partial charge in [0.05, 0.1) is 11.1 Å². The van der Waals surface area contributed by atoms with E-state index in [9.17, 15) is 31.1 Å². The number of nitrogens with one attached hydrogen (secondary N) is 3. The lowest BCUT2D eigenvalue weighted by Gasteiger charge is -2.15. The van der Waals surface area contributed by atoms with Gasteiger partial charge in [-0.25, -0.2) is 4.79 Å². The van der Waals surface area contributed by atoms with Crippen molar-refractivity contribution < 1.29 is 31.1 Å². The lowest BCUT2D eigenvalue weighted by atomic mass is 10.1. The molecule has 3 aromatic rings. The standard InChI is InChI=1S/C18H13F6N3O/c19-17(20,21)11-5-12(18(22,23)24)7-13(6-11)27-16(28)26-9-10-8-25-15-4-2-1-3-14(10)15/h1-8,25H,9H2,(H2,26,27,28). The summed E-state index contributed by atoms with van der Waals surface area (Å²) in [4.78, 5) is 15.0. The van der Waals surface area contributed by atoms with Crippen molar-refractivity contribution in [1.82, 2.24) is 10.3 Å². The summed E-state index contributed by atoms with van der Waals surface area (Å²) in [5, 5.41) is 5.26. The van der Waals surface area contributed by atoms with E-state index in [0.717, 1.165) is 10.9 Å². The molecule has 0 aliphatic carbocycles. The Morgan fingerprint density at radius 1 is 0.929 bits per heavy atom. The van der Waals surface area contributed by atoms with E-state index >= 15 is 0 Å². The molecule has 10 heteroatoms. The molecule has 0 aliphatic rings. The molecule has 0 unspecified atom stereocenters. The highest BCUT2D eigenvalue weighted by molar-refractivity contribution is 5.90. The highest BCUT2D eigenvalue weighted by Crippen LogP contribution is 2.37. The molecule has 1 heterocycles. The van der Waals surface area contributed by atoms with E-state index in [4.69, 9.17) is 0 Å². The van der Waals surface area contributed by atoms with Crippen LogP contribution in [0.2, 0.25) is 0 Å². The quantitative estimate of drug-likeness (QED) is 0.497. The first-order valence-electron chi connectivity index (χ1n) is 7.93. The van der Waals surface area contributed by atoms with Gasteiger partial charge in [-0.15, -0.1) is 0 Å². The van der Waals surface area contributed by atoms with Crippen LogP contribution in [0.4, 0.5) is 36.8 Å². The van der Waals surface area contributed by atoms with Crippen molar-refractivity contribution in [2.24, 2.45) is 0 Å². The predicted molar refractivity (Wildman–Crippen MR) is 90.6 cm³/mol. The summed E-state index contributed by atoms with van der Waals surface area (Å²) in [6.45, 7) is 0.0287. The van der Waals surface area contributed by atoms with Crippen molar-refractivity contribution in [3.8, 4) is 0 Å². The number of amides is 2. The number of H-pyrrole nitrogens is 1. The number of carbonyl (C=O) groups is 1. The number of anilines is 1. The number of fused-ring (bicyclic) bond motifs is 1. The second-order valence-corrected chi connectivity index (χ2v) is 5.96. The molecule has 3 rings (SSSR count). The number of hydrogen-bond donors (Lipinski definition) is 3. The minimum atomic E-state index is -4.99. The zero-order valence-corrected chi connectivity index (χ0v) is 14.0. The van der Waals surface area contributed by atoms with Gasteiger partial charge in [-0.2, -0.15) is 26.3 Å². The molecule has 0 fully saturated rings. The monoisotopic (exact) mass is 401 g/mol. The topological polar surface area (TPSA) is 56.9 Å². The van der Waals surface area contributed by atoms with Gasteiger partial charge in [-0.05, 0) is 29.8 Å². The zero-order chi connectivity index (χ0) is 20.5. The highest BCUT2D eigenvalue weighted by atomic mass is 19.4. The Morgan fingerprint density at radius 3 is 2.14 bits per heavy atom. The van der Waals surface area contributed by atoms with Crippen LogP contribution in [0.3, 0.4) is 0 Å². The van der Waals surface area contributed by atoms with E-state index in [1.807, 2.05) is 23.5 Å². The van der Waals surface area contributed by atoms with Gasteiger partial charge in [0.2, 0.25) is 0 Å². The summed E-state index contributed by atoms with van der Waals surface area (Å²) < 4.78 is 77.1. The minimum Gasteiger partial charge on any atom is -0.361 e. The van der Waals surface area contributed by atoms with E-state index < -0.39 is 35.2 Å². The maximum Gasteiger partial charge on any atom is 0.416 e. The lowest BCUT2D eigenvalue weighted by Crippen LogP contribution is -2.28. The van der Waals surface area contributed by atoms with Gasteiger partial charge >= 0.3 is 18.4 Å². The third-order valence-electron chi connectivity index (χ3n) is 3.96. The molecule has 0 bridgehead atoms. The maximum absolute atomic E-state index is 12.9. The number of rotatable bonds is 3. The Bertz CT molecular complexity index is 974. The molecule has 148 valence electrons. The predicted octanol–water partition coefficient (Wildman–Crippen LogP) is 5.53. The molecule has 0 atom stereocenters. The fraction of sp³-hybridized carbons (Fsp3) is 0.167. The van der Waals surface area contributed by atoms with Crippen LogP contribution in [0.25, 0.3) is 10.9 Å². The molecular formula is C18H13F6N3O. The largest absolute Gasteiger partial charge is 0.416 e. The first kappa shape index (κ1) is 19.6. The SMILES string of the molecule is O=C(NCc1c[nH]c2ccccc12)Nc1cc(C(F)(F)F)cc(C(F)(F)F)c1. The second kappa shape index (κ2) is 7.10. The summed E-state index contributed by atoms with van der Waals surface area (Å²) in [5.41, 5.74) is -2.08. The van der Waals surface area contributed by atoms with E-state index in [0.29, 0.717) is 17.7 Å². The number of para-hydroxylation sites is 1. The molecule has 4 nitrogen and oxygen atoms in total. The molecule has 0 aliphatic heterocycles. The number of halogens is 6. The van der Waals surface area contributed by atoms with Gasteiger partial charge in [0.15, 0.2) is 0 Å². The van der Waals surface area contributed by atoms with E-state index in [1.54, 1.807) is 12.3 Å². The number of alkyl halides is 6. The van der Waals surface area contributed by atoms with E-state index in [1.165, 1.54) is 0 Å². The summed E-state index contributed by atoms with van der Waals surface area (Å²) in [7, 11) is 0. The average molecular weight is 401 g/mol. The summed E-state index contributed by atoms with van der Waals surface area (Å²) in [6, 6.07) is 7.19. The van der Waals surface area contributed by atoms with Gasteiger partial charge in [0, 0.05) is 29.3 Å². The summed E-state index contributed by atoms with van der Waals surface area (Å²) in [5.74, 6) is 0. The average Bonchev–Trinajstić information content (AvgIpc) is 3.01. The number of carbonyl (C=O) groups excluding carboxylic acids is 1. The highest BCUT2D eigenvalue weighted by Gasteiger charge is 2.37. The fourth-order valence-corrected chi connectivity index (χ4v) is 2.66. The number of aromatic amines is 1. The molecule has 0 saturated heterocycles. The number of hydrogen-bond acceptors (Lipinski definition) is 1. The summed E-state index contributed by atoms with van der Waals surface area (Å²) >= 11 is 0. The van der Waals surface area contributed by atoms with Gasteiger partial charge in [-0.3, -0.25) is 0 Å². The lowest BCUT2D eigenvalue weighted by molar-refractivity contribution is -0.143. The molecule has 0 spiro atoms. The van der Waals surface area contributed by atoms with Crippen LogP contribution in [0, 0.1) is 0 Å². The Morgan fingerprint density at radius 2 is 1.54 bits per heavy atom. The van der Waals surface area contributed by atoms with Crippen LogP contribution < -0.4 is 10.6 Å². The Kier molecular flexibility index (Phi) is 4.97. The number of urea groups is 1. The molecule has 0 saturated carbocycles. The minimum absolute atomic E-state index is 0.00494. The number of aromatic nitrogens is 1. The van der Waals surface area contributed by atoms with Crippen LogP contribution in [0.15, 0.2) is 48.7 Å². The Labute approximate surface area is 154 Å². The van der Waals surface area contributed by atoms with Crippen LogP contribution in [0.5, 0.6) is 0 Å². The molecular weight excluding hydrogens is 388 g/mol. The first-order chi connectivity index (χ1) is 13.0. The molecule has 1 aromatic heterocycles. The van der Waals surface area contributed by atoms with E-state index in [-0.39, 0.29) is 12.6 Å². The molecule has 0 radical (unpaired) electrons. The van der Waals surface area contributed by atoms with Gasteiger partial charge in [-0.1, -0.05) is 18.2 Å². The fourth-order valence-electron chi connectivity index (χ4n) is 2.66. The van der Waals surface area contributed by atoms with Crippen molar-refractivity contribution in [1.29, 1.82) is 0 Å². The van der Waals surface area contributed by atoms with Crippen molar-refractivity contribution in [2.75, 3.05) is 5.32 Å². The van der Waals surface area contributed by atoms with Crippen molar-refractivity contribution >= 4 is 22.6 Å². The summed E-state index contributed by atoms with van der Waals surface area (Å²) in [6.07, 6.45) is -8.33. The third-order valence-corrected chi connectivity index (χ3v) is 3.96. The molecule has 2 amide bonds. The van der Waals surface area contributed by atoms with Crippen LogP contribution in [-0.2, 0) is 18.9 Å². The normalized spacial score (nSPS) is 12.2. The van der Waals surface area contributed by atoms with Gasteiger partial charge in [0.25, 0.3) is 0 Å². The van der Waals surface area contributed by atoms with Gasteiger partial charge < -0.3 is 15.6 Å².